The van der Waals surface area contributed by atoms with Crippen molar-refractivity contribution in [3.8, 4) is 0 Å². The van der Waals surface area contributed by atoms with Crippen molar-refractivity contribution in [3.63, 3.8) is 0 Å². The molecule has 2 N–H and O–H groups in total. The number of amides is 2. The van der Waals surface area contributed by atoms with Gasteiger partial charge in [-0.3, -0.25) is 10.1 Å². The van der Waals surface area contributed by atoms with Crippen molar-refractivity contribution in [1.29, 1.82) is 0 Å². The smallest absolute Gasteiger partial charge is 0.412 e. The molecule has 0 saturated carbocycles. The summed E-state index contributed by atoms with van der Waals surface area (Å²) in [7, 11) is 0. The molecule has 0 heterocycles. The van der Waals surface area contributed by atoms with Crippen molar-refractivity contribution in [3.05, 3.63) is 35.7 Å². The van der Waals surface area contributed by atoms with Crippen molar-refractivity contribution < 1.29 is 18.7 Å². The number of hydrogen-bond acceptors (Lipinski definition) is 3. The van der Waals surface area contributed by atoms with Crippen LogP contribution in [-0.4, -0.2) is 24.1 Å². The fraction of sp³-hybridized carbons (Fsp3) is 0.412. The average molecular weight is 322 g/mol. The van der Waals surface area contributed by atoms with E-state index in [1.807, 2.05) is 6.08 Å². The molecule has 1 aromatic rings. The van der Waals surface area contributed by atoms with Gasteiger partial charge in [0, 0.05) is 13.5 Å². The van der Waals surface area contributed by atoms with Gasteiger partial charge in [0.05, 0.1) is 5.69 Å². The predicted molar refractivity (Wildman–Crippen MR) is 88.6 cm³/mol. The van der Waals surface area contributed by atoms with Gasteiger partial charge in [-0.25, -0.2) is 9.18 Å². The van der Waals surface area contributed by atoms with E-state index in [2.05, 4.69) is 10.6 Å². The second-order valence-electron chi connectivity index (χ2n) is 6.04. The Bertz CT molecular complexity index is 592. The molecule has 0 spiro atoms. The molecule has 0 unspecified atom stereocenters. The Morgan fingerprint density at radius 3 is 2.57 bits per heavy atom. The number of nitrogens with one attached hydrogen (secondary N) is 2. The third-order valence-electron chi connectivity index (χ3n) is 2.62. The minimum atomic E-state index is -0.699. The summed E-state index contributed by atoms with van der Waals surface area (Å²) in [5, 5.41) is 5.04. The standard InChI is InChI=1S/C17H23FN2O3/c1-12(21)19-10-6-5-7-13-8-9-15(14(18)11-13)20-16(22)23-17(2,3)4/h5,7-9,11H,6,10H2,1-4H3,(H,19,21)(H,20,22). The summed E-state index contributed by atoms with van der Waals surface area (Å²) in [6.45, 7) is 7.19. The highest BCUT2D eigenvalue weighted by molar-refractivity contribution is 5.85. The van der Waals surface area contributed by atoms with Crippen molar-refractivity contribution in [1.82, 2.24) is 5.32 Å². The van der Waals surface area contributed by atoms with Crippen molar-refractivity contribution >= 4 is 23.8 Å². The third-order valence-corrected chi connectivity index (χ3v) is 2.62. The lowest BCUT2D eigenvalue weighted by Crippen LogP contribution is -2.27. The lowest BCUT2D eigenvalue weighted by Gasteiger charge is -2.19. The first-order chi connectivity index (χ1) is 10.7. The normalized spacial score (nSPS) is 11.3. The van der Waals surface area contributed by atoms with Crippen LogP contribution in [0.4, 0.5) is 14.9 Å². The Morgan fingerprint density at radius 2 is 2.00 bits per heavy atom. The van der Waals surface area contributed by atoms with Gasteiger partial charge in [-0.2, -0.15) is 0 Å². The summed E-state index contributed by atoms with van der Waals surface area (Å²) in [6.07, 6.45) is 3.54. The Labute approximate surface area is 135 Å². The molecule has 6 heteroatoms. The number of carbonyl (C=O) groups is 2. The van der Waals surface area contributed by atoms with Crippen LogP contribution < -0.4 is 10.6 Å². The molecule has 0 bridgehead atoms. The average Bonchev–Trinajstić information content (AvgIpc) is 2.39. The van der Waals surface area contributed by atoms with Gasteiger partial charge in [-0.15, -0.1) is 0 Å². The molecule has 0 fully saturated rings. The molecule has 0 aliphatic rings. The third kappa shape index (κ3) is 7.99. The molecular weight excluding hydrogens is 299 g/mol. The van der Waals surface area contributed by atoms with E-state index < -0.39 is 17.5 Å². The van der Waals surface area contributed by atoms with E-state index in [-0.39, 0.29) is 11.6 Å². The van der Waals surface area contributed by atoms with E-state index in [9.17, 15) is 14.0 Å². The quantitative estimate of drug-likeness (QED) is 0.812. The predicted octanol–water partition coefficient (Wildman–Crippen LogP) is 3.71. The van der Waals surface area contributed by atoms with Gasteiger partial charge in [0.25, 0.3) is 0 Å². The molecule has 2 amide bonds. The SMILES string of the molecule is CC(=O)NCCC=Cc1ccc(NC(=O)OC(C)(C)C)c(F)c1. The van der Waals surface area contributed by atoms with E-state index in [0.717, 1.165) is 0 Å². The fourth-order valence-corrected chi connectivity index (χ4v) is 1.70. The molecule has 0 radical (unpaired) electrons. The maximum atomic E-state index is 14.0. The van der Waals surface area contributed by atoms with E-state index >= 15 is 0 Å². The van der Waals surface area contributed by atoms with E-state index in [1.54, 1.807) is 32.9 Å². The number of ether oxygens (including phenoxy) is 1. The molecule has 5 nitrogen and oxygen atoms in total. The molecule has 0 saturated heterocycles. The summed E-state index contributed by atoms with van der Waals surface area (Å²) in [6, 6.07) is 4.49. The highest BCUT2D eigenvalue weighted by Crippen LogP contribution is 2.18. The van der Waals surface area contributed by atoms with Gasteiger partial charge in [0.2, 0.25) is 5.91 Å². The van der Waals surface area contributed by atoms with Crippen LogP contribution >= 0.6 is 0 Å². The Morgan fingerprint density at radius 1 is 1.30 bits per heavy atom. The van der Waals surface area contributed by atoms with Gasteiger partial charge < -0.3 is 10.1 Å². The van der Waals surface area contributed by atoms with Crippen molar-refractivity contribution in [2.45, 2.75) is 39.7 Å². The van der Waals surface area contributed by atoms with Crippen molar-refractivity contribution in [2.24, 2.45) is 0 Å². The topological polar surface area (TPSA) is 67.4 Å². The summed E-state index contributed by atoms with van der Waals surface area (Å²) in [4.78, 5) is 22.3. The lowest BCUT2D eigenvalue weighted by atomic mass is 10.1. The largest absolute Gasteiger partial charge is 0.444 e. The van der Waals surface area contributed by atoms with Crippen LogP contribution in [0.3, 0.4) is 0 Å². The molecule has 126 valence electrons. The summed E-state index contributed by atoms with van der Waals surface area (Å²) >= 11 is 0. The summed E-state index contributed by atoms with van der Waals surface area (Å²) in [5.74, 6) is -0.623. The molecule has 1 rings (SSSR count). The molecule has 0 atom stereocenters. The first-order valence-electron chi connectivity index (χ1n) is 7.38. The van der Waals surface area contributed by atoms with E-state index in [4.69, 9.17) is 4.74 Å². The number of benzene rings is 1. The molecule has 0 aromatic heterocycles. The first-order valence-corrected chi connectivity index (χ1v) is 7.38. The highest BCUT2D eigenvalue weighted by Gasteiger charge is 2.17. The number of carbonyl (C=O) groups excluding carboxylic acids is 2. The zero-order valence-corrected chi connectivity index (χ0v) is 13.9. The second kappa shape index (κ2) is 8.31. The maximum absolute atomic E-state index is 14.0. The van der Waals surface area contributed by atoms with E-state index in [1.165, 1.54) is 19.1 Å². The minimum absolute atomic E-state index is 0.0645. The van der Waals surface area contributed by atoms with Gasteiger partial charge in [-0.1, -0.05) is 18.2 Å². The monoisotopic (exact) mass is 322 g/mol. The molecule has 23 heavy (non-hydrogen) atoms. The zero-order chi connectivity index (χ0) is 17.5. The Hall–Kier alpha value is -2.37. The van der Waals surface area contributed by atoms with Gasteiger partial charge >= 0.3 is 6.09 Å². The van der Waals surface area contributed by atoms with Crippen LogP contribution in [-0.2, 0) is 9.53 Å². The van der Waals surface area contributed by atoms with Gasteiger partial charge in [0.15, 0.2) is 0 Å². The Balaban J connectivity index is 2.59. The van der Waals surface area contributed by atoms with E-state index in [0.29, 0.717) is 18.5 Å². The summed E-state index contributed by atoms with van der Waals surface area (Å²) in [5.41, 5.74) is 0.0895. The molecule has 0 aliphatic heterocycles. The fourth-order valence-electron chi connectivity index (χ4n) is 1.70. The Kier molecular flexibility index (Phi) is 6.75. The number of hydrogen-bond donors (Lipinski definition) is 2. The minimum Gasteiger partial charge on any atom is -0.444 e. The number of rotatable bonds is 5. The molecule has 1 aromatic carbocycles. The van der Waals surface area contributed by atoms with Crippen LogP contribution in [0.2, 0.25) is 0 Å². The van der Waals surface area contributed by atoms with Crippen LogP contribution in [0.15, 0.2) is 24.3 Å². The maximum Gasteiger partial charge on any atom is 0.412 e. The molecule has 0 aliphatic carbocycles. The van der Waals surface area contributed by atoms with Crippen LogP contribution in [0.1, 0.15) is 39.7 Å². The number of anilines is 1. The van der Waals surface area contributed by atoms with Crippen LogP contribution in [0.5, 0.6) is 0 Å². The van der Waals surface area contributed by atoms with Gasteiger partial charge in [0.1, 0.15) is 11.4 Å². The first kappa shape index (κ1) is 18.7. The number of halogens is 1. The lowest BCUT2D eigenvalue weighted by molar-refractivity contribution is -0.118. The summed E-state index contributed by atoms with van der Waals surface area (Å²) < 4.78 is 19.0. The second-order valence-corrected chi connectivity index (χ2v) is 6.04. The van der Waals surface area contributed by atoms with Crippen LogP contribution in [0, 0.1) is 5.82 Å². The van der Waals surface area contributed by atoms with Crippen LogP contribution in [0.25, 0.3) is 6.08 Å². The van der Waals surface area contributed by atoms with Gasteiger partial charge in [-0.05, 0) is 44.9 Å². The van der Waals surface area contributed by atoms with Crippen molar-refractivity contribution in [2.75, 3.05) is 11.9 Å². The zero-order valence-electron chi connectivity index (χ0n) is 13.9. The molecular formula is C17H23FN2O3. The highest BCUT2D eigenvalue weighted by atomic mass is 19.1.